The maximum absolute atomic E-state index is 13.9. The third-order valence-corrected chi connectivity index (χ3v) is 6.47. The van der Waals surface area contributed by atoms with Gasteiger partial charge in [0.25, 0.3) is 5.91 Å². The highest BCUT2D eigenvalue weighted by Crippen LogP contribution is 2.41. The number of hydrogen-bond donors (Lipinski definition) is 1. The molecule has 178 valence electrons. The minimum Gasteiger partial charge on any atom is -0.504 e. The summed E-state index contributed by atoms with van der Waals surface area (Å²) < 4.78 is 11.7. The first-order valence-corrected chi connectivity index (χ1v) is 11.7. The topological polar surface area (TPSA) is 80.0 Å². The van der Waals surface area contributed by atoms with Crippen LogP contribution in [0.4, 0.5) is 0 Å². The zero-order valence-electron chi connectivity index (χ0n) is 20.2. The van der Waals surface area contributed by atoms with Crippen molar-refractivity contribution < 1.29 is 19.1 Å². The second-order valence-electron chi connectivity index (χ2n) is 9.11. The highest BCUT2D eigenvalue weighted by molar-refractivity contribution is 5.99. The Morgan fingerprint density at radius 1 is 0.971 bits per heavy atom. The van der Waals surface area contributed by atoms with Crippen molar-refractivity contribution in [2.75, 3.05) is 6.61 Å². The number of carbonyl (C=O) groups excluding carboxylic acids is 1. The van der Waals surface area contributed by atoms with Gasteiger partial charge in [-0.05, 0) is 68.1 Å². The predicted molar refractivity (Wildman–Crippen MR) is 134 cm³/mol. The highest BCUT2D eigenvalue weighted by atomic mass is 16.5. The zero-order valence-corrected chi connectivity index (χ0v) is 20.2. The van der Waals surface area contributed by atoms with Crippen molar-refractivity contribution in [3.63, 3.8) is 0 Å². The lowest BCUT2D eigenvalue weighted by atomic mass is 9.96. The summed E-state index contributed by atoms with van der Waals surface area (Å²) >= 11 is 0. The number of nitrogens with zero attached hydrogens (tertiary/aromatic N) is 1. The molecule has 3 aromatic carbocycles. The maximum atomic E-state index is 13.9. The fourth-order valence-corrected chi connectivity index (χ4v) is 4.85. The van der Waals surface area contributed by atoms with Gasteiger partial charge < -0.3 is 19.2 Å². The largest absolute Gasteiger partial charge is 0.504 e. The highest BCUT2D eigenvalue weighted by Gasteiger charge is 2.43. The SMILES string of the molecule is CCOc1cc(C2c3c(oc4c(C)cc(C)cc4c3=O)C(=O)N2Cc2ccc(C)cc2)ccc1O. The van der Waals surface area contributed by atoms with E-state index in [0.717, 1.165) is 22.3 Å². The number of phenolic OH excluding ortho intramolecular Hbond substituents is 1. The second kappa shape index (κ2) is 8.62. The molecule has 5 rings (SSSR count). The van der Waals surface area contributed by atoms with Crippen LogP contribution in [0.5, 0.6) is 11.5 Å². The first-order valence-electron chi connectivity index (χ1n) is 11.7. The molecule has 1 aliphatic rings. The lowest BCUT2D eigenvalue weighted by Gasteiger charge is -2.26. The molecule has 6 nitrogen and oxygen atoms in total. The van der Waals surface area contributed by atoms with E-state index < -0.39 is 6.04 Å². The lowest BCUT2D eigenvalue weighted by Crippen LogP contribution is -2.29. The van der Waals surface area contributed by atoms with Gasteiger partial charge in [-0.15, -0.1) is 0 Å². The van der Waals surface area contributed by atoms with Crippen molar-refractivity contribution in [3.8, 4) is 11.5 Å². The Morgan fingerprint density at radius 3 is 2.43 bits per heavy atom. The zero-order chi connectivity index (χ0) is 24.9. The summed E-state index contributed by atoms with van der Waals surface area (Å²) in [5.74, 6) is 0.0354. The molecule has 2 heterocycles. The standard InChI is InChI=1S/C29H27NO5/c1-5-34-23-14-20(10-11-22(23)31)25-24-26(32)21-13-17(3)12-18(4)27(21)35-28(24)29(33)30(25)15-19-8-6-16(2)7-9-19/h6-14,25,31H,5,15H2,1-4H3. The average molecular weight is 470 g/mol. The molecule has 1 atom stereocenters. The molecule has 0 fully saturated rings. The Balaban J connectivity index is 1.74. The molecular formula is C29H27NO5. The minimum atomic E-state index is -0.680. The first kappa shape index (κ1) is 22.7. The Bertz CT molecular complexity index is 1520. The first-order chi connectivity index (χ1) is 16.8. The molecule has 1 aliphatic heterocycles. The van der Waals surface area contributed by atoms with E-state index in [1.807, 2.05) is 58.0 Å². The van der Waals surface area contributed by atoms with Crippen LogP contribution in [-0.2, 0) is 6.54 Å². The Labute approximate surface area is 203 Å². The molecule has 0 saturated carbocycles. The molecule has 0 spiro atoms. The lowest BCUT2D eigenvalue weighted by molar-refractivity contribution is 0.0714. The molecule has 6 heteroatoms. The third-order valence-electron chi connectivity index (χ3n) is 6.47. The number of carbonyl (C=O) groups is 1. The molecule has 0 radical (unpaired) electrons. The summed E-state index contributed by atoms with van der Waals surface area (Å²) in [6.45, 7) is 8.31. The number of fused-ring (bicyclic) bond motifs is 2. The summed E-state index contributed by atoms with van der Waals surface area (Å²) in [6, 6.07) is 16.0. The quantitative estimate of drug-likeness (QED) is 0.413. The number of aryl methyl sites for hydroxylation is 3. The minimum absolute atomic E-state index is 0.00188. The number of amides is 1. The number of phenols is 1. The van der Waals surface area contributed by atoms with Crippen LogP contribution in [0.3, 0.4) is 0 Å². The average Bonchev–Trinajstić information content (AvgIpc) is 3.10. The van der Waals surface area contributed by atoms with E-state index >= 15 is 0 Å². The summed E-state index contributed by atoms with van der Waals surface area (Å²) in [4.78, 5) is 29.2. The molecule has 0 bridgehead atoms. The van der Waals surface area contributed by atoms with Crippen LogP contribution in [0.15, 0.2) is 63.8 Å². The van der Waals surface area contributed by atoms with E-state index in [2.05, 4.69) is 0 Å². The van der Waals surface area contributed by atoms with Crippen LogP contribution in [0.2, 0.25) is 0 Å². The van der Waals surface area contributed by atoms with E-state index in [1.54, 1.807) is 23.1 Å². The van der Waals surface area contributed by atoms with Gasteiger partial charge in [-0.1, -0.05) is 42.0 Å². The van der Waals surface area contributed by atoms with Gasteiger partial charge in [-0.25, -0.2) is 0 Å². The smallest absolute Gasteiger partial charge is 0.291 e. The van der Waals surface area contributed by atoms with Crippen molar-refractivity contribution in [2.24, 2.45) is 0 Å². The number of benzene rings is 3. The van der Waals surface area contributed by atoms with Crippen LogP contribution >= 0.6 is 0 Å². The summed E-state index contributed by atoms with van der Waals surface area (Å²) in [6.07, 6.45) is 0. The van der Waals surface area contributed by atoms with Crippen LogP contribution in [0, 0.1) is 20.8 Å². The van der Waals surface area contributed by atoms with E-state index in [0.29, 0.717) is 41.0 Å². The van der Waals surface area contributed by atoms with E-state index in [1.165, 1.54) is 6.07 Å². The monoisotopic (exact) mass is 469 g/mol. The fraction of sp³-hybridized carbons (Fsp3) is 0.241. The van der Waals surface area contributed by atoms with E-state index in [4.69, 9.17) is 9.15 Å². The number of rotatable bonds is 5. The molecular weight excluding hydrogens is 442 g/mol. The van der Waals surface area contributed by atoms with E-state index in [-0.39, 0.29) is 22.8 Å². The number of hydrogen-bond acceptors (Lipinski definition) is 5. The summed E-state index contributed by atoms with van der Waals surface area (Å²) in [5, 5.41) is 10.7. The third kappa shape index (κ3) is 3.85. The fourth-order valence-electron chi connectivity index (χ4n) is 4.85. The summed E-state index contributed by atoms with van der Waals surface area (Å²) in [7, 11) is 0. The van der Waals surface area contributed by atoms with Crippen LogP contribution in [0.25, 0.3) is 11.0 Å². The van der Waals surface area contributed by atoms with Gasteiger partial charge in [0.1, 0.15) is 5.58 Å². The van der Waals surface area contributed by atoms with Gasteiger partial charge in [0.15, 0.2) is 16.9 Å². The Morgan fingerprint density at radius 2 is 1.71 bits per heavy atom. The predicted octanol–water partition coefficient (Wildman–Crippen LogP) is 5.57. The normalized spacial score (nSPS) is 15.0. The van der Waals surface area contributed by atoms with Crippen LogP contribution < -0.4 is 10.2 Å². The summed E-state index contributed by atoms with van der Waals surface area (Å²) in [5.41, 5.74) is 5.01. The number of ether oxygens (including phenoxy) is 1. The molecule has 1 N–H and O–H groups in total. The van der Waals surface area contributed by atoms with Crippen molar-refractivity contribution in [1.82, 2.24) is 4.90 Å². The van der Waals surface area contributed by atoms with Crippen LogP contribution in [-0.4, -0.2) is 22.5 Å². The van der Waals surface area contributed by atoms with Crippen LogP contribution in [0.1, 0.15) is 56.9 Å². The van der Waals surface area contributed by atoms with Crippen molar-refractivity contribution in [1.29, 1.82) is 0 Å². The van der Waals surface area contributed by atoms with Gasteiger partial charge in [0.2, 0.25) is 5.76 Å². The molecule has 1 aromatic heterocycles. The molecule has 35 heavy (non-hydrogen) atoms. The van der Waals surface area contributed by atoms with E-state index in [9.17, 15) is 14.7 Å². The second-order valence-corrected chi connectivity index (χ2v) is 9.11. The van der Waals surface area contributed by atoms with Gasteiger partial charge in [0, 0.05) is 6.54 Å². The molecule has 1 amide bonds. The molecule has 1 unspecified atom stereocenters. The van der Waals surface area contributed by atoms with Gasteiger partial charge in [0.05, 0.1) is 23.6 Å². The van der Waals surface area contributed by atoms with Crippen molar-refractivity contribution >= 4 is 16.9 Å². The van der Waals surface area contributed by atoms with Crippen molar-refractivity contribution in [3.05, 3.63) is 104 Å². The van der Waals surface area contributed by atoms with Gasteiger partial charge in [-0.2, -0.15) is 0 Å². The number of aromatic hydroxyl groups is 1. The Hall–Kier alpha value is -4.06. The van der Waals surface area contributed by atoms with Gasteiger partial charge >= 0.3 is 0 Å². The molecule has 0 aliphatic carbocycles. The molecule has 4 aromatic rings. The van der Waals surface area contributed by atoms with Gasteiger partial charge in [-0.3, -0.25) is 9.59 Å². The molecule has 0 saturated heterocycles. The Kier molecular flexibility index (Phi) is 5.59. The van der Waals surface area contributed by atoms with Crippen molar-refractivity contribution in [2.45, 2.75) is 40.3 Å². The maximum Gasteiger partial charge on any atom is 0.291 e.